The smallest absolute Gasteiger partial charge is 0.412 e. The molecule has 9 heteroatoms. The molecule has 0 saturated carbocycles. The van der Waals surface area contributed by atoms with Crippen molar-refractivity contribution in [3.63, 3.8) is 0 Å². The van der Waals surface area contributed by atoms with Crippen LogP contribution in [-0.4, -0.2) is 41.6 Å². The van der Waals surface area contributed by atoms with Crippen LogP contribution < -0.4 is 16.0 Å². The Balaban J connectivity index is 1.60. The predicted octanol–water partition coefficient (Wildman–Crippen LogP) is 5.36. The summed E-state index contributed by atoms with van der Waals surface area (Å²) < 4.78 is 19.3. The molecule has 1 saturated heterocycles. The number of halogens is 1. The maximum Gasteiger partial charge on any atom is 0.412 e. The quantitative estimate of drug-likeness (QED) is 0.560. The summed E-state index contributed by atoms with van der Waals surface area (Å²) in [6.45, 7) is 7.88. The molecule has 0 spiro atoms. The third kappa shape index (κ3) is 7.19. The second kappa shape index (κ2) is 10.5. The fraction of sp³-hybridized carbons (Fsp3) is 0.400. The molecule has 34 heavy (non-hydrogen) atoms. The molecule has 182 valence electrons. The highest BCUT2D eigenvalue weighted by atomic mass is 19.1. The van der Waals surface area contributed by atoms with Gasteiger partial charge in [-0.1, -0.05) is 12.1 Å². The fourth-order valence-corrected chi connectivity index (χ4v) is 3.66. The van der Waals surface area contributed by atoms with Crippen LogP contribution in [0.1, 0.15) is 39.2 Å². The first-order valence-electron chi connectivity index (χ1n) is 11.2. The van der Waals surface area contributed by atoms with E-state index >= 15 is 0 Å². The van der Waals surface area contributed by atoms with Crippen LogP contribution in [0.15, 0.2) is 42.5 Å². The lowest BCUT2D eigenvalue weighted by Crippen LogP contribution is -2.45. The average Bonchev–Trinajstić information content (AvgIpc) is 2.75. The van der Waals surface area contributed by atoms with Crippen LogP contribution in [0, 0.1) is 18.7 Å². The molecule has 1 aliphatic heterocycles. The lowest BCUT2D eigenvalue weighted by atomic mass is 9.97. The van der Waals surface area contributed by atoms with Crippen molar-refractivity contribution in [3.8, 4) is 0 Å². The van der Waals surface area contributed by atoms with Gasteiger partial charge < -0.3 is 20.3 Å². The van der Waals surface area contributed by atoms with Gasteiger partial charge in [0.15, 0.2) is 0 Å². The number of aryl methyl sites for hydroxylation is 1. The zero-order valence-electron chi connectivity index (χ0n) is 19.9. The highest BCUT2D eigenvalue weighted by Gasteiger charge is 2.29. The molecular weight excluding hydrogens is 439 g/mol. The van der Waals surface area contributed by atoms with Crippen LogP contribution in [-0.2, 0) is 9.53 Å². The Hall–Kier alpha value is -3.62. The van der Waals surface area contributed by atoms with Crippen molar-refractivity contribution in [1.82, 2.24) is 4.90 Å². The molecule has 4 amide bonds. The standard InChI is InChI=1S/C25H31FN4O4/c1-16-7-5-9-18(13-16)28-23(32)30-12-6-8-17(15-30)22(31)27-19-10-11-20(26)21(14-19)29-24(33)34-25(2,3)4/h5,7,9-11,13-14,17H,6,8,12,15H2,1-4H3,(H,27,31)(H,28,32)(H,29,33). The first kappa shape index (κ1) is 25.0. The minimum absolute atomic E-state index is 0.102. The first-order valence-corrected chi connectivity index (χ1v) is 11.2. The van der Waals surface area contributed by atoms with Gasteiger partial charge in [0.1, 0.15) is 11.4 Å². The summed E-state index contributed by atoms with van der Waals surface area (Å²) in [5.74, 6) is -1.34. The summed E-state index contributed by atoms with van der Waals surface area (Å²) in [5.41, 5.74) is 1.24. The lowest BCUT2D eigenvalue weighted by Gasteiger charge is -2.32. The summed E-state index contributed by atoms with van der Waals surface area (Å²) in [7, 11) is 0. The van der Waals surface area contributed by atoms with E-state index in [2.05, 4.69) is 16.0 Å². The van der Waals surface area contributed by atoms with Gasteiger partial charge in [0, 0.05) is 24.5 Å². The minimum Gasteiger partial charge on any atom is -0.444 e. The Labute approximate surface area is 198 Å². The molecule has 1 unspecified atom stereocenters. The second-order valence-electron chi connectivity index (χ2n) is 9.40. The number of likely N-dealkylation sites (tertiary alicyclic amines) is 1. The molecule has 2 aromatic rings. The molecule has 3 N–H and O–H groups in total. The monoisotopic (exact) mass is 470 g/mol. The van der Waals surface area contributed by atoms with Gasteiger partial charge in [-0.15, -0.1) is 0 Å². The molecule has 1 atom stereocenters. The van der Waals surface area contributed by atoms with E-state index in [-0.39, 0.29) is 24.2 Å². The molecule has 1 aliphatic rings. The van der Waals surface area contributed by atoms with Crippen LogP contribution in [0.25, 0.3) is 0 Å². The van der Waals surface area contributed by atoms with Crippen LogP contribution in [0.4, 0.5) is 31.0 Å². The van der Waals surface area contributed by atoms with Crippen molar-refractivity contribution in [2.75, 3.05) is 29.0 Å². The highest BCUT2D eigenvalue weighted by Crippen LogP contribution is 2.24. The molecule has 1 heterocycles. The van der Waals surface area contributed by atoms with Crippen molar-refractivity contribution < 1.29 is 23.5 Å². The normalized spacial score (nSPS) is 15.9. The second-order valence-corrected chi connectivity index (χ2v) is 9.40. The van der Waals surface area contributed by atoms with Crippen LogP contribution in [0.2, 0.25) is 0 Å². The molecule has 8 nitrogen and oxygen atoms in total. The molecule has 2 aromatic carbocycles. The summed E-state index contributed by atoms with van der Waals surface area (Å²) in [6, 6.07) is 11.2. The molecular formula is C25H31FN4O4. The van der Waals surface area contributed by atoms with E-state index in [1.54, 1.807) is 25.7 Å². The van der Waals surface area contributed by atoms with Gasteiger partial charge in [-0.3, -0.25) is 10.1 Å². The number of hydrogen-bond acceptors (Lipinski definition) is 4. The summed E-state index contributed by atoms with van der Waals surface area (Å²) in [4.78, 5) is 39.1. The zero-order chi connectivity index (χ0) is 24.9. The zero-order valence-corrected chi connectivity index (χ0v) is 19.9. The van der Waals surface area contributed by atoms with Crippen molar-refractivity contribution in [3.05, 3.63) is 53.8 Å². The Kier molecular flexibility index (Phi) is 7.75. The summed E-state index contributed by atoms with van der Waals surface area (Å²) in [5, 5.41) is 7.99. The summed E-state index contributed by atoms with van der Waals surface area (Å²) in [6.07, 6.45) is 0.524. The molecule has 0 bridgehead atoms. The van der Waals surface area contributed by atoms with Gasteiger partial charge in [0.2, 0.25) is 5.91 Å². The number of carbonyl (C=O) groups excluding carboxylic acids is 3. The molecule has 0 aliphatic carbocycles. The maximum absolute atomic E-state index is 14.2. The fourth-order valence-electron chi connectivity index (χ4n) is 3.66. The van der Waals surface area contributed by atoms with Crippen molar-refractivity contribution >= 4 is 35.1 Å². The van der Waals surface area contributed by atoms with E-state index in [0.29, 0.717) is 30.8 Å². The van der Waals surface area contributed by atoms with Crippen LogP contribution in [0.5, 0.6) is 0 Å². The molecule has 0 radical (unpaired) electrons. The average molecular weight is 471 g/mol. The number of nitrogens with zero attached hydrogens (tertiary/aromatic N) is 1. The van der Waals surface area contributed by atoms with E-state index in [1.165, 1.54) is 12.1 Å². The van der Waals surface area contributed by atoms with E-state index in [9.17, 15) is 18.8 Å². The number of piperidine rings is 1. The number of anilines is 3. The van der Waals surface area contributed by atoms with Gasteiger partial charge in [-0.25, -0.2) is 14.0 Å². The summed E-state index contributed by atoms with van der Waals surface area (Å²) >= 11 is 0. The largest absolute Gasteiger partial charge is 0.444 e. The van der Waals surface area contributed by atoms with E-state index in [4.69, 9.17) is 4.74 Å². The SMILES string of the molecule is Cc1cccc(NC(=O)N2CCCC(C(=O)Nc3ccc(F)c(NC(=O)OC(C)(C)C)c3)C2)c1. The Morgan fingerprint density at radius 1 is 1.03 bits per heavy atom. The van der Waals surface area contributed by atoms with E-state index in [0.717, 1.165) is 11.6 Å². The lowest BCUT2D eigenvalue weighted by molar-refractivity contribution is -0.121. The van der Waals surface area contributed by atoms with Crippen molar-refractivity contribution in [1.29, 1.82) is 0 Å². The number of amides is 4. The third-order valence-electron chi connectivity index (χ3n) is 5.22. The number of urea groups is 1. The first-order chi connectivity index (χ1) is 16.0. The molecule has 3 rings (SSSR count). The highest BCUT2D eigenvalue weighted by molar-refractivity contribution is 5.95. The third-order valence-corrected chi connectivity index (χ3v) is 5.22. The number of ether oxygens (including phenoxy) is 1. The molecule has 0 aromatic heterocycles. The predicted molar refractivity (Wildman–Crippen MR) is 129 cm³/mol. The van der Waals surface area contributed by atoms with Gasteiger partial charge in [-0.2, -0.15) is 0 Å². The Morgan fingerprint density at radius 2 is 1.76 bits per heavy atom. The maximum atomic E-state index is 14.2. The Morgan fingerprint density at radius 3 is 2.47 bits per heavy atom. The van der Waals surface area contributed by atoms with Gasteiger partial charge in [0.25, 0.3) is 0 Å². The number of rotatable bonds is 4. The van der Waals surface area contributed by atoms with Gasteiger partial charge >= 0.3 is 12.1 Å². The van der Waals surface area contributed by atoms with Crippen molar-refractivity contribution in [2.45, 2.75) is 46.1 Å². The van der Waals surface area contributed by atoms with Crippen molar-refractivity contribution in [2.24, 2.45) is 5.92 Å². The van der Waals surface area contributed by atoms with Gasteiger partial charge in [-0.05, 0) is 76.4 Å². The van der Waals surface area contributed by atoms with E-state index < -0.39 is 23.4 Å². The van der Waals surface area contributed by atoms with Crippen LogP contribution >= 0.6 is 0 Å². The topological polar surface area (TPSA) is 99.8 Å². The van der Waals surface area contributed by atoms with Crippen LogP contribution in [0.3, 0.4) is 0 Å². The number of carbonyl (C=O) groups is 3. The number of benzene rings is 2. The molecule has 1 fully saturated rings. The van der Waals surface area contributed by atoms with E-state index in [1.807, 2.05) is 31.2 Å². The number of nitrogens with one attached hydrogen (secondary N) is 3. The van der Waals surface area contributed by atoms with Gasteiger partial charge in [0.05, 0.1) is 11.6 Å². The minimum atomic E-state index is -0.794. The Bertz CT molecular complexity index is 1070. The number of hydrogen-bond donors (Lipinski definition) is 3.